The van der Waals surface area contributed by atoms with Gasteiger partial charge in [0.2, 0.25) is 0 Å². The predicted octanol–water partition coefficient (Wildman–Crippen LogP) is 4.44. The van der Waals surface area contributed by atoms with Gasteiger partial charge in [-0.2, -0.15) is 0 Å². The van der Waals surface area contributed by atoms with E-state index in [2.05, 4.69) is 16.7 Å². The van der Waals surface area contributed by atoms with Crippen molar-refractivity contribution in [3.05, 3.63) is 69.7 Å². The number of nitrogens with one attached hydrogen (secondary N) is 2. The van der Waals surface area contributed by atoms with Crippen molar-refractivity contribution in [2.45, 2.75) is 6.04 Å². The van der Waals surface area contributed by atoms with Gasteiger partial charge in [-0.3, -0.25) is 0 Å². The van der Waals surface area contributed by atoms with Crippen LogP contribution in [0.4, 0.5) is 5.69 Å². The molecule has 1 aliphatic rings. The summed E-state index contributed by atoms with van der Waals surface area (Å²) in [4.78, 5) is 0. The first-order chi connectivity index (χ1) is 10.2. The van der Waals surface area contributed by atoms with E-state index in [1.807, 2.05) is 49.5 Å². The Morgan fingerprint density at radius 2 is 1.90 bits per heavy atom. The van der Waals surface area contributed by atoms with Gasteiger partial charge in [-0.05, 0) is 36.9 Å². The molecule has 0 bridgehead atoms. The molecule has 0 saturated heterocycles. The third-order valence-electron chi connectivity index (χ3n) is 3.69. The summed E-state index contributed by atoms with van der Waals surface area (Å²) in [6.45, 7) is 0.819. The number of hydrogen-bond donors (Lipinski definition) is 2. The SMILES string of the molecule is CNC1C=C(c2ccccc2Cl)c2cc(Cl)ccc2NC1. The van der Waals surface area contributed by atoms with Crippen molar-refractivity contribution in [3.63, 3.8) is 0 Å². The quantitative estimate of drug-likeness (QED) is 0.855. The van der Waals surface area contributed by atoms with Gasteiger partial charge in [0.1, 0.15) is 0 Å². The number of anilines is 1. The average Bonchev–Trinajstić information content (AvgIpc) is 2.67. The second kappa shape index (κ2) is 6.10. The summed E-state index contributed by atoms with van der Waals surface area (Å²) in [6.07, 6.45) is 2.20. The van der Waals surface area contributed by atoms with E-state index >= 15 is 0 Å². The molecule has 21 heavy (non-hydrogen) atoms. The lowest BCUT2D eigenvalue weighted by atomic mass is 9.95. The van der Waals surface area contributed by atoms with Crippen LogP contribution in [0.1, 0.15) is 11.1 Å². The highest BCUT2D eigenvalue weighted by molar-refractivity contribution is 6.33. The Bertz CT molecular complexity index is 695. The first-order valence-corrected chi connectivity index (χ1v) is 7.62. The summed E-state index contributed by atoms with van der Waals surface area (Å²) in [5.41, 5.74) is 4.27. The van der Waals surface area contributed by atoms with Gasteiger partial charge in [0, 0.05) is 39.4 Å². The Morgan fingerprint density at radius 1 is 1.10 bits per heavy atom. The summed E-state index contributed by atoms with van der Waals surface area (Å²) in [7, 11) is 1.95. The first kappa shape index (κ1) is 14.5. The Balaban J connectivity index is 2.21. The molecule has 4 heteroatoms. The van der Waals surface area contributed by atoms with Gasteiger partial charge in [0.15, 0.2) is 0 Å². The lowest BCUT2D eigenvalue weighted by molar-refractivity contribution is 0.699. The summed E-state index contributed by atoms with van der Waals surface area (Å²) in [5, 5.41) is 8.21. The molecule has 2 N–H and O–H groups in total. The fraction of sp³-hybridized carbons (Fsp3) is 0.176. The fourth-order valence-corrected chi connectivity index (χ4v) is 2.97. The maximum atomic E-state index is 6.39. The predicted molar refractivity (Wildman–Crippen MR) is 91.3 cm³/mol. The van der Waals surface area contributed by atoms with Crippen LogP contribution in [-0.4, -0.2) is 19.6 Å². The molecule has 1 unspecified atom stereocenters. The maximum absolute atomic E-state index is 6.39. The second-order valence-corrected chi connectivity index (χ2v) is 5.87. The van der Waals surface area contributed by atoms with E-state index in [1.54, 1.807) is 0 Å². The lowest BCUT2D eigenvalue weighted by Crippen LogP contribution is -2.30. The lowest BCUT2D eigenvalue weighted by Gasteiger charge is -2.13. The van der Waals surface area contributed by atoms with E-state index in [1.165, 1.54) is 0 Å². The molecule has 2 aromatic rings. The number of rotatable bonds is 2. The highest BCUT2D eigenvalue weighted by atomic mass is 35.5. The Hall–Kier alpha value is -1.48. The molecule has 1 aliphatic heterocycles. The van der Waals surface area contributed by atoms with Crippen LogP contribution in [0.5, 0.6) is 0 Å². The van der Waals surface area contributed by atoms with Gasteiger partial charge < -0.3 is 10.6 Å². The van der Waals surface area contributed by atoms with Crippen LogP contribution >= 0.6 is 23.2 Å². The maximum Gasteiger partial charge on any atom is 0.0484 e. The van der Waals surface area contributed by atoms with Gasteiger partial charge in [0.05, 0.1) is 0 Å². The number of halogens is 2. The van der Waals surface area contributed by atoms with Crippen LogP contribution in [0.15, 0.2) is 48.5 Å². The molecule has 0 saturated carbocycles. The van der Waals surface area contributed by atoms with Crippen molar-refractivity contribution in [1.82, 2.24) is 5.32 Å². The highest BCUT2D eigenvalue weighted by Crippen LogP contribution is 2.36. The van der Waals surface area contributed by atoms with Crippen LogP contribution in [0, 0.1) is 0 Å². The molecule has 108 valence electrons. The van der Waals surface area contributed by atoms with E-state index in [9.17, 15) is 0 Å². The average molecular weight is 319 g/mol. The molecule has 1 heterocycles. The normalized spacial score (nSPS) is 17.5. The third kappa shape index (κ3) is 2.93. The molecule has 0 spiro atoms. The molecule has 2 aromatic carbocycles. The van der Waals surface area contributed by atoms with Crippen LogP contribution < -0.4 is 10.6 Å². The van der Waals surface area contributed by atoms with Crippen LogP contribution in [-0.2, 0) is 0 Å². The molecule has 0 aliphatic carbocycles. The number of benzene rings is 2. The minimum Gasteiger partial charge on any atom is -0.383 e. The number of likely N-dealkylation sites (N-methyl/N-ethyl adjacent to an activating group) is 1. The van der Waals surface area contributed by atoms with Gasteiger partial charge in [0.25, 0.3) is 0 Å². The molecule has 2 nitrogen and oxygen atoms in total. The van der Waals surface area contributed by atoms with Crippen molar-refractivity contribution >= 4 is 34.5 Å². The summed E-state index contributed by atoms with van der Waals surface area (Å²) < 4.78 is 0. The van der Waals surface area contributed by atoms with Crippen LogP contribution in [0.25, 0.3) is 5.57 Å². The van der Waals surface area contributed by atoms with Gasteiger partial charge >= 0.3 is 0 Å². The monoisotopic (exact) mass is 318 g/mol. The largest absolute Gasteiger partial charge is 0.383 e. The smallest absolute Gasteiger partial charge is 0.0484 e. The second-order valence-electron chi connectivity index (χ2n) is 5.03. The zero-order valence-corrected chi connectivity index (χ0v) is 13.2. The molecule has 3 rings (SSSR count). The van der Waals surface area contributed by atoms with Gasteiger partial charge in [-0.25, -0.2) is 0 Å². The van der Waals surface area contributed by atoms with Crippen molar-refractivity contribution in [3.8, 4) is 0 Å². The molecular formula is C17H16Cl2N2. The van der Waals surface area contributed by atoms with E-state index in [4.69, 9.17) is 23.2 Å². The van der Waals surface area contributed by atoms with Crippen molar-refractivity contribution in [1.29, 1.82) is 0 Å². The van der Waals surface area contributed by atoms with Gasteiger partial charge in [-0.15, -0.1) is 0 Å². The fourth-order valence-electron chi connectivity index (χ4n) is 2.56. The third-order valence-corrected chi connectivity index (χ3v) is 4.25. The molecule has 0 aromatic heterocycles. The first-order valence-electron chi connectivity index (χ1n) is 6.87. The van der Waals surface area contributed by atoms with E-state index < -0.39 is 0 Å². The van der Waals surface area contributed by atoms with Crippen molar-refractivity contribution in [2.24, 2.45) is 0 Å². The standard InChI is InChI=1S/C17H16Cl2N2/c1-20-12-9-14(13-4-2-3-5-16(13)19)15-8-11(18)6-7-17(15)21-10-12/h2-9,12,20-21H,10H2,1H3. The van der Waals surface area contributed by atoms with Gasteiger partial charge in [-0.1, -0.05) is 47.5 Å². The van der Waals surface area contributed by atoms with Crippen molar-refractivity contribution < 1.29 is 0 Å². The van der Waals surface area contributed by atoms with E-state index in [0.29, 0.717) is 0 Å². The van der Waals surface area contributed by atoms with Crippen LogP contribution in [0.3, 0.4) is 0 Å². The summed E-state index contributed by atoms with van der Waals surface area (Å²) in [5.74, 6) is 0. The topological polar surface area (TPSA) is 24.1 Å². The molecule has 1 atom stereocenters. The minimum absolute atomic E-state index is 0.224. The van der Waals surface area contributed by atoms with Crippen LogP contribution in [0.2, 0.25) is 10.0 Å². The number of hydrogen-bond acceptors (Lipinski definition) is 2. The Kier molecular flexibility index (Phi) is 4.20. The molecule has 0 fully saturated rings. The van der Waals surface area contributed by atoms with E-state index in [-0.39, 0.29) is 6.04 Å². The Labute approximate surface area is 134 Å². The highest BCUT2D eigenvalue weighted by Gasteiger charge is 2.18. The zero-order valence-electron chi connectivity index (χ0n) is 11.7. The summed E-state index contributed by atoms with van der Waals surface area (Å²) >= 11 is 12.6. The molecular weight excluding hydrogens is 303 g/mol. The molecule has 0 amide bonds. The summed E-state index contributed by atoms with van der Waals surface area (Å²) in [6, 6.07) is 14.0. The zero-order chi connectivity index (χ0) is 14.8. The van der Waals surface area contributed by atoms with Crippen molar-refractivity contribution in [2.75, 3.05) is 18.9 Å². The number of fused-ring (bicyclic) bond motifs is 1. The molecule has 0 radical (unpaired) electrons. The van der Waals surface area contributed by atoms with E-state index in [0.717, 1.165) is 39.0 Å². The minimum atomic E-state index is 0.224. The Morgan fingerprint density at radius 3 is 2.67 bits per heavy atom.